The summed E-state index contributed by atoms with van der Waals surface area (Å²) in [6.07, 6.45) is 5.51. The van der Waals surface area contributed by atoms with Crippen LogP contribution in [0.1, 0.15) is 35.3 Å². The summed E-state index contributed by atoms with van der Waals surface area (Å²) in [5.74, 6) is -0.391. The molecule has 0 aliphatic carbocycles. The quantitative estimate of drug-likeness (QED) is 0.503. The molecule has 3 aliphatic rings. The number of carbonyl (C=O) groups excluding carboxylic acids is 2. The van der Waals surface area contributed by atoms with Gasteiger partial charge in [0.1, 0.15) is 5.69 Å². The molecule has 3 aromatic rings. The first kappa shape index (κ1) is 26.3. The first-order valence-electron chi connectivity index (χ1n) is 14.5. The molecule has 4 heterocycles. The zero-order valence-electron chi connectivity index (χ0n) is 23.2. The number of pyridine rings is 1. The molecule has 1 aromatic heterocycles. The van der Waals surface area contributed by atoms with Gasteiger partial charge in [-0.1, -0.05) is 18.2 Å². The summed E-state index contributed by atoms with van der Waals surface area (Å²) in [5, 5.41) is 6.59. The predicted molar refractivity (Wildman–Crippen MR) is 160 cm³/mol. The van der Waals surface area contributed by atoms with E-state index in [-0.39, 0.29) is 17.7 Å². The Balaban J connectivity index is 1.10. The molecule has 208 valence electrons. The van der Waals surface area contributed by atoms with Crippen LogP contribution in [0.5, 0.6) is 0 Å². The number of hydrogen-bond donors (Lipinski definition) is 2. The van der Waals surface area contributed by atoms with E-state index < -0.39 is 0 Å². The van der Waals surface area contributed by atoms with Crippen LogP contribution in [0.15, 0.2) is 60.8 Å². The average molecular weight is 539 g/mol. The lowest BCUT2D eigenvalue weighted by Gasteiger charge is -2.34. The number of carbonyl (C=O) groups is 2. The Kier molecular flexibility index (Phi) is 7.68. The van der Waals surface area contributed by atoms with E-state index in [2.05, 4.69) is 56.7 Å². The summed E-state index contributed by atoms with van der Waals surface area (Å²) in [6.45, 7) is 5.95. The number of aryl methyl sites for hydroxylation is 1. The Bertz CT molecular complexity index is 1380. The van der Waals surface area contributed by atoms with E-state index in [1.807, 2.05) is 30.3 Å². The summed E-state index contributed by atoms with van der Waals surface area (Å²) in [6, 6.07) is 18.4. The lowest BCUT2D eigenvalue weighted by atomic mass is 9.96. The Labute approximate surface area is 236 Å². The van der Waals surface area contributed by atoms with Gasteiger partial charge in [-0.15, -0.1) is 0 Å². The van der Waals surface area contributed by atoms with Crippen LogP contribution in [-0.4, -0.2) is 79.5 Å². The molecule has 2 aromatic carbocycles. The molecule has 2 N–H and O–H groups in total. The van der Waals surface area contributed by atoms with Crippen molar-refractivity contribution in [3.8, 4) is 11.1 Å². The highest BCUT2D eigenvalue weighted by Crippen LogP contribution is 2.30. The van der Waals surface area contributed by atoms with Crippen LogP contribution in [0, 0.1) is 5.92 Å². The van der Waals surface area contributed by atoms with Crippen LogP contribution in [0.4, 0.5) is 17.1 Å². The number of amides is 2. The van der Waals surface area contributed by atoms with Crippen molar-refractivity contribution < 1.29 is 9.59 Å². The summed E-state index contributed by atoms with van der Waals surface area (Å²) in [5.41, 5.74) is 7.06. The normalized spacial score (nSPS) is 19.5. The molecule has 0 unspecified atom stereocenters. The second kappa shape index (κ2) is 11.7. The summed E-state index contributed by atoms with van der Waals surface area (Å²) in [7, 11) is 2.13. The van der Waals surface area contributed by atoms with Crippen molar-refractivity contribution in [2.45, 2.75) is 25.7 Å². The Hall–Kier alpha value is -3.91. The monoisotopic (exact) mass is 538 g/mol. The summed E-state index contributed by atoms with van der Waals surface area (Å²) in [4.78, 5) is 37.5. The van der Waals surface area contributed by atoms with Gasteiger partial charge in [0.05, 0.1) is 5.92 Å². The molecule has 6 rings (SSSR count). The fourth-order valence-corrected chi connectivity index (χ4v) is 6.01. The molecule has 2 amide bonds. The molecule has 8 heteroatoms. The Morgan fingerprint density at radius 3 is 2.67 bits per heavy atom. The number of nitrogens with one attached hydrogen (secondary N) is 2. The lowest BCUT2D eigenvalue weighted by molar-refractivity contribution is -0.121. The van der Waals surface area contributed by atoms with Crippen LogP contribution in [0.25, 0.3) is 11.1 Å². The molecule has 2 fully saturated rings. The van der Waals surface area contributed by atoms with Gasteiger partial charge < -0.3 is 25.3 Å². The van der Waals surface area contributed by atoms with E-state index in [1.54, 1.807) is 11.1 Å². The minimum Gasteiger partial charge on any atom is -0.385 e. The van der Waals surface area contributed by atoms with E-state index >= 15 is 0 Å². The van der Waals surface area contributed by atoms with Crippen molar-refractivity contribution in [3.63, 3.8) is 0 Å². The number of likely N-dealkylation sites (tertiary alicyclic amines) is 1. The highest BCUT2D eigenvalue weighted by atomic mass is 16.2. The smallest absolute Gasteiger partial charge is 0.272 e. The third-order valence-electron chi connectivity index (χ3n) is 8.42. The second-order valence-corrected chi connectivity index (χ2v) is 11.3. The largest absolute Gasteiger partial charge is 0.385 e. The van der Waals surface area contributed by atoms with Gasteiger partial charge in [-0.3, -0.25) is 14.6 Å². The number of rotatable bonds is 5. The van der Waals surface area contributed by atoms with Gasteiger partial charge in [-0.05, 0) is 85.8 Å². The molecule has 3 aliphatic heterocycles. The highest BCUT2D eigenvalue weighted by molar-refractivity contribution is 5.96. The van der Waals surface area contributed by atoms with Crippen LogP contribution in [0.2, 0.25) is 0 Å². The summed E-state index contributed by atoms with van der Waals surface area (Å²) < 4.78 is 0. The number of likely N-dealkylation sites (N-methyl/N-ethyl adjacent to an activating group) is 1. The number of aromatic nitrogens is 1. The number of piperazine rings is 1. The Morgan fingerprint density at radius 2 is 1.80 bits per heavy atom. The fraction of sp³-hybridized carbons (Fsp3) is 0.406. The molecule has 1 atom stereocenters. The van der Waals surface area contributed by atoms with Crippen LogP contribution >= 0.6 is 0 Å². The number of hydrogen-bond acceptors (Lipinski definition) is 6. The third-order valence-corrected chi connectivity index (χ3v) is 8.42. The third kappa shape index (κ3) is 5.82. The minimum absolute atomic E-state index is 0.0385. The highest BCUT2D eigenvalue weighted by Gasteiger charge is 2.30. The van der Waals surface area contributed by atoms with E-state index in [0.29, 0.717) is 18.8 Å². The van der Waals surface area contributed by atoms with Gasteiger partial charge in [-0.2, -0.15) is 0 Å². The van der Waals surface area contributed by atoms with E-state index in [9.17, 15) is 9.59 Å². The Morgan fingerprint density at radius 1 is 0.950 bits per heavy atom. The fourth-order valence-electron chi connectivity index (χ4n) is 6.01. The van der Waals surface area contributed by atoms with Gasteiger partial charge in [-0.25, -0.2) is 0 Å². The van der Waals surface area contributed by atoms with Crippen LogP contribution in [-0.2, 0) is 11.2 Å². The van der Waals surface area contributed by atoms with Crippen molar-refractivity contribution in [2.75, 3.05) is 68.4 Å². The van der Waals surface area contributed by atoms with Crippen LogP contribution in [0.3, 0.4) is 0 Å². The molecule has 0 spiro atoms. The molecular formula is C32H38N6O2. The van der Waals surface area contributed by atoms with Gasteiger partial charge in [0.25, 0.3) is 5.91 Å². The first-order valence-corrected chi connectivity index (χ1v) is 14.5. The zero-order chi connectivity index (χ0) is 27.5. The molecule has 0 saturated carbocycles. The minimum atomic E-state index is -0.253. The van der Waals surface area contributed by atoms with Crippen molar-refractivity contribution in [3.05, 3.63) is 72.1 Å². The van der Waals surface area contributed by atoms with Crippen LogP contribution < -0.4 is 15.5 Å². The molecular weight excluding hydrogens is 500 g/mol. The van der Waals surface area contributed by atoms with Crippen molar-refractivity contribution in [2.24, 2.45) is 5.92 Å². The SMILES string of the molecule is CN1CCN(c2ccnc(C(=O)N3CCC[C@H](C(=O)Nc4cccc(-c5ccc6c(c5)CCCN6)c4)C3)c2)CC1. The molecule has 0 radical (unpaired) electrons. The summed E-state index contributed by atoms with van der Waals surface area (Å²) >= 11 is 0. The second-order valence-electron chi connectivity index (χ2n) is 11.3. The van der Waals surface area contributed by atoms with Crippen molar-refractivity contribution in [1.82, 2.24) is 14.8 Å². The molecule has 0 bridgehead atoms. The predicted octanol–water partition coefficient (Wildman–Crippen LogP) is 4.35. The maximum Gasteiger partial charge on any atom is 0.272 e. The van der Waals surface area contributed by atoms with Gasteiger partial charge in [0, 0.05) is 69.1 Å². The van der Waals surface area contributed by atoms with Crippen molar-refractivity contribution >= 4 is 28.9 Å². The lowest BCUT2D eigenvalue weighted by Crippen LogP contribution is -2.45. The maximum atomic E-state index is 13.4. The zero-order valence-corrected chi connectivity index (χ0v) is 23.2. The number of benzene rings is 2. The van der Waals surface area contributed by atoms with Gasteiger partial charge in [0.15, 0.2) is 0 Å². The topological polar surface area (TPSA) is 80.8 Å². The number of anilines is 3. The van der Waals surface area contributed by atoms with Gasteiger partial charge in [0.2, 0.25) is 5.91 Å². The molecule has 40 heavy (non-hydrogen) atoms. The maximum absolute atomic E-state index is 13.4. The average Bonchev–Trinajstić information content (AvgIpc) is 3.01. The standard InChI is InChI=1S/C32H38N6O2/c1-36-15-17-37(18-16-36)28-11-13-34-30(21-28)32(40)38-14-4-7-26(22-38)31(39)35-27-8-2-5-23(20-27)24-9-10-29-25(19-24)6-3-12-33-29/h2,5,8-11,13,19-21,26,33H,3-4,6-7,12,14-18,22H2,1H3,(H,35,39)/t26-/m0/s1. The number of piperidine rings is 1. The van der Waals surface area contributed by atoms with E-state index in [4.69, 9.17) is 0 Å². The van der Waals surface area contributed by atoms with Crippen molar-refractivity contribution in [1.29, 1.82) is 0 Å². The molecule has 8 nitrogen and oxygen atoms in total. The first-order chi connectivity index (χ1) is 19.5. The number of nitrogens with zero attached hydrogens (tertiary/aromatic N) is 4. The van der Waals surface area contributed by atoms with Gasteiger partial charge >= 0.3 is 0 Å². The number of fused-ring (bicyclic) bond motifs is 1. The molecule has 2 saturated heterocycles. The van der Waals surface area contributed by atoms with E-state index in [0.717, 1.165) is 80.9 Å². The van der Waals surface area contributed by atoms with E-state index in [1.165, 1.54) is 11.3 Å².